The Morgan fingerprint density at radius 1 is 0.857 bits per heavy atom. The van der Waals surface area contributed by atoms with E-state index in [0.717, 1.165) is 11.1 Å². The number of imidazole rings is 1. The second kappa shape index (κ2) is 4.24. The van der Waals surface area contributed by atoms with E-state index < -0.39 is 0 Å². The van der Waals surface area contributed by atoms with Gasteiger partial charge in [0.1, 0.15) is 0 Å². The fourth-order valence-electron chi connectivity index (χ4n) is 2.61. The molecule has 1 aliphatic rings. The van der Waals surface area contributed by atoms with Crippen LogP contribution in [0.1, 0.15) is 26.5 Å². The minimum Gasteiger partial charge on any atom is -0.285 e. The second-order valence-corrected chi connectivity index (χ2v) is 4.88. The Labute approximate surface area is 120 Å². The van der Waals surface area contributed by atoms with Gasteiger partial charge in [0, 0.05) is 18.0 Å². The number of aromatic nitrogens is 2. The van der Waals surface area contributed by atoms with Crippen molar-refractivity contribution >= 4 is 11.7 Å². The first-order chi connectivity index (χ1) is 10.3. The third kappa shape index (κ3) is 1.66. The summed E-state index contributed by atoms with van der Waals surface area (Å²) in [5.41, 5.74) is 2.76. The number of hydrogen-bond acceptors (Lipinski definition) is 3. The van der Waals surface area contributed by atoms with E-state index in [2.05, 4.69) is 4.98 Å². The van der Waals surface area contributed by atoms with Gasteiger partial charge in [0.15, 0.2) is 5.82 Å². The zero-order valence-corrected chi connectivity index (χ0v) is 11.0. The molecule has 0 atom stereocenters. The third-order valence-corrected chi connectivity index (χ3v) is 3.66. The smallest absolute Gasteiger partial charge is 0.264 e. The molecular weight excluding hydrogens is 264 g/mol. The van der Waals surface area contributed by atoms with Crippen molar-refractivity contribution in [3.05, 3.63) is 77.9 Å². The van der Waals surface area contributed by atoms with E-state index in [1.807, 2.05) is 36.4 Å². The second-order valence-electron chi connectivity index (χ2n) is 4.88. The van der Waals surface area contributed by atoms with E-state index in [1.54, 1.807) is 12.1 Å². The number of fused-ring (bicyclic) bond motifs is 2. The summed E-state index contributed by atoms with van der Waals surface area (Å²) in [7, 11) is 0. The number of carbonyl (C=O) groups is 2. The van der Waals surface area contributed by atoms with Crippen LogP contribution in [-0.4, -0.2) is 21.2 Å². The fraction of sp³-hybridized carbons (Fsp3) is 0. The van der Waals surface area contributed by atoms with Gasteiger partial charge in [-0.2, -0.15) is 0 Å². The average molecular weight is 274 g/mol. The molecule has 1 aliphatic heterocycles. The van der Waals surface area contributed by atoms with Crippen LogP contribution in [-0.2, 0) is 0 Å². The number of benzene rings is 2. The van der Waals surface area contributed by atoms with Crippen LogP contribution >= 0.6 is 0 Å². The molecule has 0 fully saturated rings. The highest BCUT2D eigenvalue weighted by molar-refractivity contribution is 6.20. The van der Waals surface area contributed by atoms with Crippen LogP contribution in [0.25, 0.3) is 11.1 Å². The molecular formula is C17H10N2O2. The number of hydrogen-bond donors (Lipinski definition) is 0. The fourth-order valence-corrected chi connectivity index (χ4v) is 2.61. The summed E-state index contributed by atoms with van der Waals surface area (Å²) in [5, 5.41) is 0. The quantitative estimate of drug-likeness (QED) is 0.536. The van der Waals surface area contributed by atoms with Crippen molar-refractivity contribution in [2.24, 2.45) is 0 Å². The van der Waals surface area contributed by atoms with E-state index >= 15 is 0 Å². The predicted molar refractivity (Wildman–Crippen MR) is 77.3 cm³/mol. The molecule has 4 heteroatoms. The van der Waals surface area contributed by atoms with Crippen LogP contribution < -0.4 is 0 Å². The molecule has 4 nitrogen and oxygen atoms in total. The molecule has 1 aromatic heterocycles. The minimum absolute atomic E-state index is 0.178. The maximum Gasteiger partial charge on any atom is 0.264 e. The van der Waals surface area contributed by atoms with Crippen molar-refractivity contribution in [3.63, 3.8) is 0 Å². The van der Waals surface area contributed by atoms with Gasteiger partial charge < -0.3 is 0 Å². The summed E-state index contributed by atoms with van der Waals surface area (Å²) >= 11 is 0. The lowest BCUT2D eigenvalue weighted by molar-refractivity contribution is 0.0907. The molecule has 4 rings (SSSR count). The Morgan fingerprint density at radius 2 is 1.67 bits per heavy atom. The molecule has 3 aromatic rings. The third-order valence-electron chi connectivity index (χ3n) is 3.66. The molecule has 0 amide bonds. The van der Waals surface area contributed by atoms with Crippen LogP contribution in [0.4, 0.5) is 0 Å². The largest absolute Gasteiger partial charge is 0.285 e. The van der Waals surface area contributed by atoms with Crippen LogP contribution in [0.5, 0.6) is 0 Å². The van der Waals surface area contributed by atoms with Crippen molar-refractivity contribution in [3.8, 4) is 11.1 Å². The molecule has 0 N–H and O–H groups in total. The van der Waals surface area contributed by atoms with Gasteiger partial charge in [-0.1, -0.05) is 36.4 Å². The monoisotopic (exact) mass is 274 g/mol. The van der Waals surface area contributed by atoms with Gasteiger partial charge in [-0.25, -0.2) is 4.98 Å². The van der Waals surface area contributed by atoms with Crippen molar-refractivity contribution in [1.82, 2.24) is 9.55 Å². The van der Waals surface area contributed by atoms with Crippen LogP contribution in [0.15, 0.2) is 60.9 Å². The summed E-state index contributed by atoms with van der Waals surface area (Å²) in [4.78, 5) is 28.8. The molecule has 0 bridgehead atoms. The summed E-state index contributed by atoms with van der Waals surface area (Å²) in [6.45, 7) is 0. The van der Waals surface area contributed by atoms with E-state index in [4.69, 9.17) is 0 Å². The average Bonchev–Trinajstić information content (AvgIpc) is 3.03. The highest BCUT2D eigenvalue weighted by atomic mass is 16.2. The molecule has 0 spiro atoms. The van der Waals surface area contributed by atoms with Gasteiger partial charge in [0.05, 0.1) is 5.56 Å². The molecule has 0 radical (unpaired) electrons. The van der Waals surface area contributed by atoms with Crippen LogP contribution in [0, 0.1) is 0 Å². The maximum absolute atomic E-state index is 12.5. The first kappa shape index (κ1) is 11.8. The van der Waals surface area contributed by atoms with Crippen molar-refractivity contribution < 1.29 is 9.59 Å². The van der Waals surface area contributed by atoms with Gasteiger partial charge in [-0.05, 0) is 23.3 Å². The van der Waals surface area contributed by atoms with Crippen molar-refractivity contribution in [2.45, 2.75) is 0 Å². The summed E-state index contributed by atoms with van der Waals surface area (Å²) in [6.07, 6.45) is 2.98. The van der Waals surface area contributed by atoms with Crippen molar-refractivity contribution in [1.29, 1.82) is 0 Å². The highest BCUT2D eigenvalue weighted by Crippen LogP contribution is 2.27. The Hall–Kier alpha value is -3.01. The number of rotatable bonds is 1. The van der Waals surface area contributed by atoms with Gasteiger partial charge in [0.2, 0.25) is 5.78 Å². The zero-order valence-electron chi connectivity index (χ0n) is 11.0. The number of carbonyl (C=O) groups excluding carboxylic acids is 2. The highest BCUT2D eigenvalue weighted by Gasteiger charge is 2.30. The molecule has 2 aromatic carbocycles. The van der Waals surface area contributed by atoms with E-state index in [1.165, 1.54) is 17.0 Å². The maximum atomic E-state index is 12.5. The lowest BCUT2D eigenvalue weighted by Gasteiger charge is -2.16. The lowest BCUT2D eigenvalue weighted by Crippen LogP contribution is -2.26. The summed E-state index contributed by atoms with van der Waals surface area (Å²) in [5.74, 6) is -0.248. The molecule has 0 aliphatic carbocycles. The zero-order chi connectivity index (χ0) is 14.4. The SMILES string of the molecule is O=C1c2cc(-c3ccccc3)ccc2C(=O)n2ccnc21. The standard InChI is InChI=1S/C17H10N2O2/c20-15-14-10-12(11-4-2-1-3-5-11)6-7-13(14)17(21)19-9-8-18-16(15)19/h1-10H. The Morgan fingerprint density at radius 3 is 2.48 bits per heavy atom. The lowest BCUT2D eigenvalue weighted by atomic mass is 9.94. The molecule has 100 valence electrons. The molecule has 0 saturated heterocycles. The van der Waals surface area contributed by atoms with Gasteiger partial charge in [-0.15, -0.1) is 0 Å². The van der Waals surface area contributed by atoms with Crippen LogP contribution in [0.3, 0.4) is 0 Å². The molecule has 0 unspecified atom stereocenters. The molecule has 2 heterocycles. The van der Waals surface area contributed by atoms with Gasteiger partial charge >= 0.3 is 0 Å². The first-order valence-electron chi connectivity index (χ1n) is 6.58. The van der Waals surface area contributed by atoms with Gasteiger partial charge in [0.25, 0.3) is 5.91 Å². The Bertz CT molecular complexity index is 879. The topological polar surface area (TPSA) is 52.0 Å². The minimum atomic E-state index is -0.215. The number of nitrogens with zero attached hydrogens (tertiary/aromatic N) is 2. The molecule has 0 saturated carbocycles. The predicted octanol–water partition coefficient (Wildman–Crippen LogP) is 2.78. The Balaban J connectivity index is 1.91. The Kier molecular flexibility index (Phi) is 2.38. The first-order valence-corrected chi connectivity index (χ1v) is 6.58. The van der Waals surface area contributed by atoms with Crippen molar-refractivity contribution in [2.75, 3.05) is 0 Å². The molecule has 21 heavy (non-hydrogen) atoms. The number of ketones is 1. The summed E-state index contributed by atoms with van der Waals surface area (Å²) < 4.78 is 1.30. The van der Waals surface area contributed by atoms with Gasteiger partial charge in [-0.3, -0.25) is 14.2 Å². The van der Waals surface area contributed by atoms with E-state index in [9.17, 15) is 9.59 Å². The summed E-state index contributed by atoms with van der Waals surface area (Å²) in [6, 6.07) is 15.1. The normalized spacial score (nSPS) is 13.0. The van der Waals surface area contributed by atoms with Crippen LogP contribution in [0.2, 0.25) is 0 Å². The van der Waals surface area contributed by atoms with E-state index in [0.29, 0.717) is 11.1 Å². The van der Waals surface area contributed by atoms with E-state index in [-0.39, 0.29) is 17.5 Å².